The minimum atomic E-state index is 0. The lowest BCUT2D eigenvalue weighted by atomic mass is 10.1. The molecule has 1 heterocycles. The van der Waals surface area contributed by atoms with E-state index < -0.39 is 0 Å². The van der Waals surface area contributed by atoms with Gasteiger partial charge in [-0.2, -0.15) is 0 Å². The largest absolute Gasteiger partial charge is 0.439 e. The number of hydrogen-bond donors (Lipinski definition) is 2. The van der Waals surface area contributed by atoms with E-state index in [4.69, 9.17) is 4.42 Å². The summed E-state index contributed by atoms with van der Waals surface area (Å²) in [6, 6.07) is 8.21. The molecule has 0 aliphatic heterocycles. The van der Waals surface area contributed by atoms with E-state index in [0.717, 1.165) is 30.2 Å². The molecule has 5 nitrogen and oxygen atoms in total. The van der Waals surface area contributed by atoms with Crippen LogP contribution in [0.5, 0.6) is 0 Å². The van der Waals surface area contributed by atoms with Gasteiger partial charge in [0.15, 0.2) is 11.7 Å². The molecule has 0 amide bonds. The summed E-state index contributed by atoms with van der Waals surface area (Å²) in [6.07, 6.45) is 2.87. The Bertz CT molecular complexity index is 635. The Hall–Kier alpha value is -1.57. The normalized spacial score (nSPS) is 11.3. The van der Waals surface area contributed by atoms with Crippen LogP contribution in [-0.4, -0.2) is 24.5 Å². The van der Waals surface area contributed by atoms with Crippen molar-refractivity contribution in [1.82, 2.24) is 15.6 Å². The van der Waals surface area contributed by atoms with Gasteiger partial charge in [-0.15, -0.1) is 24.0 Å². The summed E-state index contributed by atoms with van der Waals surface area (Å²) in [5.41, 5.74) is 2.26. The van der Waals surface area contributed by atoms with E-state index in [1.54, 1.807) is 13.2 Å². The maximum atomic E-state index is 5.79. The molecule has 1 aromatic carbocycles. The highest BCUT2D eigenvalue weighted by Gasteiger charge is 2.07. The molecule has 132 valence electrons. The standard InChI is InChI=1S/C18H26N4O.HI/c1-13(2)9-10-20-18(19-4)22-12-17-21-11-16(23-17)15-7-5-14(3)6-8-15;/h5-8,11,13H,9-10,12H2,1-4H3,(H2,19,20,22);1H. The number of rotatable bonds is 6. The number of halogens is 1. The maximum absolute atomic E-state index is 5.79. The zero-order chi connectivity index (χ0) is 16.7. The van der Waals surface area contributed by atoms with Gasteiger partial charge in [0.05, 0.1) is 12.7 Å². The summed E-state index contributed by atoms with van der Waals surface area (Å²) in [5, 5.41) is 6.50. The van der Waals surface area contributed by atoms with E-state index in [0.29, 0.717) is 18.4 Å². The quantitative estimate of drug-likeness (QED) is 0.404. The molecule has 0 saturated carbocycles. The highest BCUT2D eigenvalue weighted by Crippen LogP contribution is 2.20. The predicted octanol–water partition coefficient (Wildman–Crippen LogP) is 3.98. The van der Waals surface area contributed by atoms with Crippen LogP contribution >= 0.6 is 24.0 Å². The van der Waals surface area contributed by atoms with Crippen LogP contribution in [0.2, 0.25) is 0 Å². The minimum absolute atomic E-state index is 0. The number of aromatic nitrogens is 1. The second-order valence-electron chi connectivity index (χ2n) is 6.02. The second-order valence-corrected chi connectivity index (χ2v) is 6.02. The summed E-state index contributed by atoms with van der Waals surface area (Å²) in [6.45, 7) is 7.89. The highest BCUT2D eigenvalue weighted by atomic mass is 127. The van der Waals surface area contributed by atoms with Gasteiger partial charge >= 0.3 is 0 Å². The molecule has 0 unspecified atom stereocenters. The lowest BCUT2D eigenvalue weighted by molar-refractivity contribution is 0.496. The maximum Gasteiger partial charge on any atom is 0.214 e. The topological polar surface area (TPSA) is 62.5 Å². The fraction of sp³-hybridized carbons (Fsp3) is 0.444. The Balaban J connectivity index is 0.00000288. The molecule has 0 spiro atoms. The molecule has 2 N–H and O–H groups in total. The molecular formula is C18H27IN4O. The summed E-state index contributed by atoms with van der Waals surface area (Å²) in [4.78, 5) is 8.52. The number of aliphatic imine (C=N–C) groups is 1. The molecule has 0 aliphatic carbocycles. The minimum Gasteiger partial charge on any atom is -0.439 e. The van der Waals surface area contributed by atoms with E-state index in [1.165, 1.54) is 5.56 Å². The van der Waals surface area contributed by atoms with Crippen molar-refractivity contribution in [1.29, 1.82) is 0 Å². The predicted molar refractivity (Wildman–Crippen MR) is 110 cm³/mol. The second kappa shape index (κ2) is 10.3. The summed E-state index contributed by atoms with van der Waals surface area (Å²) in [7, 11) is 1.76. The summed E-state index contributed by atoms with van der Waals surface area (Å²) >= 11 is 0. The first-order valence-electron chi connectivity index (χ1n) is 8.04. The Morgan fingerprint density at radius 1 is 1.21 bits per heavy atom. The first-order chi connectivity index (χ1) is 11.1. The molecular weight excluding hydrogens is 415 g/mol. The molecule has 24 heavy (non-hydrogen) atoms. The average molecular weight is 442 g/mol. The van der Waals surface area contributed by atoms with E-state index in [2.05, 4.69) is 53.5 Å². The number of oxazole rings is 1. The molecule has 0 fully saturated rings. The molecule has 0 saturated heterocycles. The summed E-state index contributed by atoms with van der Waals surface area (Å²) in [5.74, 6) is 2.86. The zero-order valence-corrected chi connectivity index (χ0v) is 17.1. The molecule has 0 bridgehead atoms. The van der Waals surface area contributed by atoms with Crippen LogP contribution in [-0.2, 0) is 6.54 Å². The van der Waals surface area contributed by atoms with Gasteiger partial charge in [0.25, 0.3) is 0 Å². The van der Waals surface area contributed by atoms with E-state index in [-0.39, 0.29) is 24.0 Å². The SMILES string of the molecule is CN=C(NCCC(C)C)NCc1ncc(-c2ccc(C)cc2)o1.I. The van der Waals surface area contributed by atoms with Crippen molar-refractivity contribution in [2.24, 2.45) is 10.9 Å². The van der Waals surface area contributed by atoms with Gasteiger partial charge in [0.2, 0.25) is 5.89 Å². The molecule has 0 aliphatic rings. The Kier molecular flexibility index (Phi) is 8.81. The monoisotopic (exact) mass is 442 g/mol. The van der Waals surface area contributed by atoms with Gasteiger partial charge in [-0.05, 0) is 19.3 Å². The third-order valence-electron chi connectivity index (χ3n) is 3.53. The van der Waals surface area contributed by atoms with Crippen LogP contribution in [0.4, 0.5) is 0 Å². The number of nitrogens with zero attached hydrogens (tertiary/aromatic N) is 2. The number of guanidine groups is 1. The molecule has 0 atom stereocenters. The van der Waals surface area contributed by atoms with E-state index in [9.17, 15) is 0 Å². The molecule has 2 rings (SSSR count). The fourth-order valence-corrected chi connectivity index (χ4v) is 2.10. The molecule has 0 radical (unpaired) electrons. The lowest BCUT2D eigenvalue weighted by Gasteiger charge is -2.11. The number of hydrogen-bond acceptors (Lipinski definition) is 3. The van der Waals surface area contributed by atoms with Gasteiger partial charge in [0, 0.05) is 19.2 Å². The third kappa shape index (κ3) is 6.51. The van der Waals surface area contributed by atoms with Crippen molar-refractivity contribution >= 4 is 29.9 Å². The van der Waals surface area contributed by atoms with Crippen LogP contribution in [0.25, 0.3) is 11.3 Å². The Morgan fingerprint density at radius 3 is 2.54 bits per heavy atom. The van der Waals surface area contributed by atoms with Gasteiger partial charge in [-0.1, -0.05) is 43.7 Å². The number of nitrogens with one attached hydrogen (secondary N) is 2. The van der Waals surface area contributed by atoms with Crippen LogP contribution in [0.3, 0.4) is 0 Å². The molecule has 2 aromatic rings. The zero-order valence-electron chi connectivity index (χ0n) is 14.8. The van der Waals surface area contributed by atoms with E-state index >= 15 is 0 Å². The first-order valence-corrected chi connectivity index (χ1v) is 8.04. The van der Waals surface area contributed by atoms with Gasteiger partial charge in [-0.25, -0.2) is 4.98 Å². The fourth-order valence-electron chi connectivity index (χ4n) is 2.10. The van der Waals surface area contributed by atoms with Gasteiger partial charge < -0.3 is 15.1 Å². The van der Waals surface area contributed by atoms with Gasteiger partial charge in [-0.3, -0.25) is 4.99 Å². The molecule has 1 aromatic heterocycles. The average Bonchev–Trinajstić information content (AvgIpc) is 3.00. The van der Waals surface area contributed by atoms with Gasteiger partial charge in [0.1, 0.15) is 0 Å². The number of benzene rings is 1. The van der Waals surface area contributed by atoms with Crippen molar-refractivity contribution in [3.05, 3.63) is 41.9 Å². The van der Waals surface area contributed by atoms with Crippen molar-refractivity contribution in [2.45, 2.75) is 33.7 Å². The van der Waals surface area contributed by atoms with Crippen LogP contribution in [0.15, 0.2) is 39.9 Å². The smallest absolute Gasteiger partial charge is 0.214 e. The van der Waals surface area contributed by atoms with Crippen molar-refractivity contribution < 1.29 is 4.42 Å². The number of aryl methyl sites for hydroxylation is 1. The van der Waals surface area contributed by atoms with Crippen LogP contribution in [0.1, 0.15) is 31.7 Å². The van der Waals surface area contributed by atoms with Crippen molar-refractivity contribution in [3.63, 3.8) is 0 Å². The van der Waals surface area contributed by atoms with Crippen LogP contribution < -0.4 is 10.6 Å². The van der Waals surface area contributed by atoms with Crippen molar-refractivity contribution in [3.8, 4) is 11.3 Å². The Labute approximate surface area is 161 Å². The first kappa shape index (κ1) is 20.5. The Morgan fingerprint density at radius 2 is 1.92 bits per heavy atom. The lowest BCUT2D eigenvalue weighted by Crippen LogP contribution is -2.37. The van der Waals surface area contributed by atoms with Crippen molar-refractivity contribution in [2.75, 3.05) is 13.6 Å². The third-order valence-corrected chi connectivity index (χ3v) is 3.53. The molecule has 6 heteroatoms. The summed E-state index contributed by atoms with van der Waals surface area (Å²) < 4.78 is 5.79. The van der Waals surface area contributed by atoms with E-state index in [1.807, 2.05) is 12.1 Å². The highest BCUT2D eigenvalue weighted by molar-refractivity contribution is 14.0. The van der Waals surface area contributed by atoms with Crippen LogP contribution in [0, 0.1) is 12.8 Å².